The molecule has 25 heavy (non-hydrogen) atoms. The summed E-state index contributed by atoms with van der Waals surface area (Å²) in [6.45, 7) is 5.40. The lowest BCUT2D eigenvalue weighted by atomic mass is 10.3. The van der Waals surface area contributed by atoms with Crippen LogP contribution in [0.3, 0.4) is 0 Å². The first-order chi connectivity index (χ1) is 12.3. The molecule has 1 aliphatic rings. The van der Waals surface area contributed by atoms with E-state index in [2.05, 4.69) is 32.2 Å². The third-order valence-electron chi connectivity index (χ3n) is 3.92. The van der Waals surface area contributed by atoms with Gasteiger partial charge in [0, 0.05) is 31.9 Å². The fraction of sp³-hybridized carbons (Fsp3) is 0.176. The number of nitrogens with zero attached hydrogens (tertiary/aromatic N) is 5. The summed E-state index contributed by atoms with van der Waals surface area (Å²) in [5.41, 5.74) is 1.68. The Bertz CT molecular complexity index is 949. The third-order valence-corrected chi connectivity index (χ3v) is 3.92. The van der Waals surface area contributed by atoms with Crippen molar-refractivity contribution in [2.75, 3.05) is 29.9 Å². The molecule has 0 bridgehead atoms. The second-order valence-electron chi connectivity index (χ2n) is 5.53. The molecule has 126 valence electrons. The Morgan fingerprint density at radius 2 is 2.16 bits per heavy atom. The molecule has 3 aromatic rings. The van der Waals surface area contributed by atoms with Gasteiger partial charge < -0.3 is 10.6 Å². The van der Waals surface area contributed by atoms with E-state index < -0.39 is 0 Å². The average molecular weight is 335 g/mol. The zero-order valence-electron chi connectivity index (χ0n) is 13.5. The molecular formula is C17H17N7O. The standard InChI is InChI=1S/C17H17N7O/c1-2-8-18-15-19-9-7-14(22-15)24-13-6-4-3-5-12(13)21-16(24)23-11-10-20-17(23)25/h2-7,9H,1,8,10-11H2,(H,20,25)(H,18,19,22). The van der Waals surface area contributed by atoms with E-state index in [0.29, 0.717) is 37.3 Å². The van der Waals surface area contributed by atoms with E-state index in [9.17, 15) is 4.79 Å². The van der Waals surface area contributed by atoms with Gasteiger partial charge in [0.05, 0.1) is 11.0 Å². The minimum atomic E-state index is -0.157. The normalized spacial score (nSPS) is 13.9. The van der Waals surface area contributed by atoms with Gasteiger partial charge in [-0.25, -0.2) is 14.8 Å². The third kappa shape index (κ3) is 2.67. The number of carbonyl (C=O) groups is 1. The number of imidazole rings is 1. The van der Waals surface area contributed by atoms with Crippen LogP contribution >= 0.6 is 0 Å². The number of aromatic nitrogens is 4. The van der Waals surface area contributed by atoms with E-state index in [1.54, 1.807) is 23.2 Å². The predicted molar refractivity (Wildman–Crippen MR) is 96.1 cm³/mol. The highest BCUT2D eigenvalue weighted by atomic mass is 16.2. The molecular weight excluding hydrogens is 318 g/mol. The lowest BCUT2D eigenvalue weighted by Crippen LogP contribution is -2.30. The number of carbonyl (C=O) groups excluding carboxylic acids is 1. The van der Waals surface area contributed by atoms with Crippen molar-refractivity contribution in [3.63, 3.8) is 0 Å². The van der Waals surface area contributed by atoms with Crippen LogP contribution in [0.1, 0.15) is 0 Å². The molecule has 1 aromatic carbocycles. The molecule has 2 aromatic heterocycles. The van der Waals surface area contributed by atoms with Gasteiger partial charge in [-0.05, 0) is 12.1 Å². The Hall–Kier alpha value is -3.42. The number of hydrogen-bond acceptors (Lipinski definition) is 5. The second-order valence-corrected chi connectivity index (χ2v) is 5.53. The van der Waals surface area contributed by atoms with Crippen LogP contribution in [0.15, 0.2) is 49.2 Å². The summed E-state index contributed by atoms with van der Waals surface area (Å²) in [6, 6.07) is 9.37. The number of fused-ring (bicyclic) bond motifs is 1. The highest BCUT2D eigenvalue weighted by Crippen LogP contribution is 2.27. The van der Waals surface area contributed by atoms with Crippen LogP contribution in [0.5, 0.6) is 0 Å². The van der Waals surface area contributed by atoms with Gasteiger partial charge in [0.1, 0.15) is 5.82 Å². The Kier molecular flexibility index (Phi) is 3.77. The number of rotatable bonds is 5. The van der Waals surface area contributed by atoms with Crippen LogP contribution in [0.4, 0.5) is 16.7 Å². The quantitative estimate of drug-likeness (QED) is 0.696. The van der Waals surface area contributed by atoms with Crippen molar-refractivity contribution in [1.29, 1.82) is 0 Å². The van der Waals surface area contributed by atoms with Crippen molar-refractivity contribution >= 4 is 29.0 Å². The molecule has 0 radical (unpaired) electrons. The molecule has 0 unspecified atom stereocenters. The van der Waals surface area contributed by atoms with Gasteiger partial charge in [0.2, 0.25) is 11.9 Å². The summed E-state index contributed by atoms with van der Waals surface area (Å²) in [5, 5.41) is 5.88. The molecule has 2 N–H and O–H groups in total. The Morgan fingerprint density at radius 3 is 2.96 bits per heavy atom. The summed E-state index contributed by atoms with van der Waals surface area (Å²) in [5.74, 6) is 1.68. The Morgan fingerprint density at radius 1 is 1.28 bits per heavy atom. The fourth-order valence-corrected chi connectivity index (χ4v) is 2.80. The monoisotopic (exact) mass is 335 g/mol. The van der Waals surface area contributed by atoms with Crippen LogP contribution in [0.25, 0.3) is 16.9 Å². The molecule has 8 nitrogen and oxygen atoms in total. The first-order valence-electron chi connectivity index (χ1n) is 7.99. The molecule has 0 aliphatic carbocycles. The lowest BCUT2D eigenvalue weighted by Gasteiger charge is -2.16. The van der Waals surface area contributed by atoms with Gasteiger partial charge in [0.25, 0.3) is 0 Å². The fourth-order valence-electron chi connectivity index (χ4n) is 2.80. The summed E-state index contributed by atoms with van der Waals surface area (Å²) in [7, 11) is 0. The molecule has 2 amide bonds. The van der Waals surface area contributed by atoms with Crippen LogP contribution in [0.2, 0.25) is 0 Å². The van der Waals surface area contributed by atoms with Crippen LogP contribution in [-0.4, -0.2) is 45.2 Å². The number of benzene rings is 1. The van der Waals surface area contributed by atoms with E-state index in [0.717, 1.165) is 11.0 Å². The summed E-state index contributed by atoms with van der Waals surface area (Å²) >= 11 is 0. The second kappa shape index (κ2) is 6.23. The van der Waals surface area contributed by atoms with Crippen LogP contribution < -0.4 is 15.5 Å². The molecule has 1 aliphatic heterocycles. The summed E-state index contributed by atoms with van der Waals surface area (Å²) in [6.07, 6.45) is 3.42. The van der Waals surface area contributed by atoms with Gasteiger partial charge in [-0.15, -0.1) is 6.58 Å². The van der Waals surface area contributed by atoms with Crippen LogP contribution in [0, 0.1) is 0 Å². The van der Waals surface area contributed by atoms with Crippen molar-refractivity contribution in [1.82, 2.24) is 24.8 Å². The van der Waals surface area contributed by atoms with E-state index in [4.69, 9.17) is 0 Å². The molecule has 4 rings (SSSR count). The van der Waals surface area contributed by atoms with Crippen molar-refractivity contribution in [2.24, 2.45) is 0 Å². The molecule has 3 heterocycles. The number of amides is 2. The lowest BCUT2D eigenvalue weighted by molar-refractivity contribution is 0.252. The average Bonchev–Trinajstić information content (AvgIpc) is 3.23. The molecule has 0 spiro atoms. The number of nitrogens with one attached hydrogen (secondary N) is 2. The zero-order valence-corrected chi connectivity index (χ0v) is 13.5. The first kappa shape index (κ1) is 15.1. The summed E-state index contributed by atoms with van der Waals surface area (Å²) < 4.78 is 1.88. The number of hydrogen-bond donors (Lipinski definition) is 2. The topological polar surface area (TPSA) is 88.0 Å². The number of urea groups is 1. The number of anilines is 2. The van der Waals surface area contributed by atoms with E-state index in [1.807, 2.05) is 28.8 Å². The zero-order chi connectivity index (χ0) is 17.2. The van der Waals surface area contributed by atoms with Crippen LogP contribution in [-0.2, 0) is 0 Å². The van der Waals surface area contributed by atoms with Gasteiger partial charge in [-0.2, -0.15) is 4.98 Å². The summed E-state index contributed by atoms with van der Waals surface area (Å²) in [4.78, 5) is 27.2. The van der Waals surface area contributed by atoms with Crippen molar-refractivity contribution in [3.05, 3.63) is 49.2 Å². The largest absolute Gasteiger partial charge is 0.351 e. The van der Waals surface area contributed by atoms with E-state index >= 15 is 0 Å². The van der Waals surface area contributed by atoms with E-state index in [-0.39, 0.29) is 6.03 Å². The SMILES string of the molecule is C=CCNc1nccc(-n2c(N3CCNC3=O)nc3ccccc32)n1. The van der Waals surface area contributed by atoms with Gasteiger partial charge in [-0.3, -0.25) is 9.47 Å². The van der Waals surface area contributed by atoms with Crippen molar-refractivity contribution < 1.29 is 4.79 Å². The molecule has 0 saturated carbocycles. The molecule has 1 saturated heterocycles. The maximum atomic E-state index is 12.1. The minimum Gasteiger partial charge on any atom is -0.351 e. The molecule has 1 fully saturated rings. The Balaban J connectivity index is 1.88. The van der Waals surface area contributed by atoms with Crippen molar-refractivity contribution in [2.45, 2.75) is 0 Å². The first-order valence-corrected chi connectivity index (χ1v) is 7.99. The minimum absolute atomic E-state index is 0.157. The highest BCUT2D eigenvalue weighted by molar-refractivity contribution is 5.95. The Labute approximate surface area is 144 Å². The maximum absolute atomic E-state index is 12.1. The van der Waals surface area contributed by atoms with Gasteiger partial charge in [0.15, 0.2) is 0 Å². The van der Waals surface area contributed by atoms with E-state index in [1.165, 1.54) is 0 Å². The van der Waals surface area contributed by atoms with Crippen molar-refractivity contribution in [3.8, 4) is 5.82 Å². The highest BCUT2D eigenvalue weighted by Gasteiger charge is 2.27. The molecule has 8 heteroatoms. The molecule has 0 atom stereocenters. The number of para-hydroxylation sites is 2. The predicted octanol–water partition coefficient (Wildman–Crippen LogP) is 1.94. The van der Waals surface area contributed by atoms with Gasteiger partial charge >= 0.3 is 6.03 Å². The maximum Gasteiger partial charge on any atom is 0.324 e. The van der Waals surface area contributed by atoms with Gasteiger partial charge in [-0.1, -0.05) is 18.2 Å². The smallest absolute Gasteiger partial charge is 0.324 e.